The van der Waals surface area contributed by atoms with E-state index in [9.17, 15) is 18.0 Å². The molecule has 1 aromatic carbocycles. The SMILES string of the molecule is COc1ccc2[nH]c(C(F)(F)F)c(C=CC(=O)c3ccncc3)c2c1. The Balaban J connectivity index is 2.09. The van der Waals surface area contributed by atoms with E-state index in [2.05, 4.69) is 9.97 Å². The summed E-state index contributed by atoms with van der Waals surface area (Å²) >= 11 is 0. The van der Waals surface area contributed by atoms with E-state index in [1.165, 1.54) is 49.8 Å². The predicted molar refractivity (Wildman–Crippen MR) is 87.5 cm³/mol. The highest BCUT2D eigenvalue weighted by atomic mass is 19.4. The lowest BCUT2D eigenvalue weighted by atomic mass is 10.1. The van der Waals surface area contributed by atoms with Crippen molar-refractivity contribution in [2.75, 3.05) is 7.11 Å². The number of benzene rings is 1. The third-order valence-corrected chi connectivity index (χ3v) is 3.70. The number of halogens is 3. The number of pyridine rings is 1. The number of nitrogens with zero attached hydrogens (tertiary/aromatic N) is 1. The standard InChI is InChI=1S/C18H13F3N2O2/c1-25-12-2-4-15-14(10-12)13(17(23-15)18(19,20)21)3-5-16(24)11-6-8-22-9-7-11/h2-10,23H,1H3. The summed E-state index contributed by atoms with van der Waals surface area (Å²) in [5.41, 5.74) is -0.361. The maximum absolute atomic E-state index is 13.3. The van der Waals surface area contributed by atoms with Crippen molar-refractivity contribution in [1.29, 1.82) is 0 Å². The first-order chi connectivity index (χ1) is 11.9. The lowest BCUT2D eigenvalue weighted by Crippen LogP contribution is -2.07. The molecule has 3 aromatic rings. The van der Waals surface area contributed by atoms with Crippen molar-refractivity contribution in [3.63, 3.8) is 0 Å². The molecule has 0 radical (unpaired) electrons. The van der Waals surface area contributed by atoms with E-state index in [0.29, 0.717) is 22.2 Å². The largest absolute Gasteiger partial charge is 0.497 e. The first-order valence-corrected chi connectivity index (χ1v) is 7.29. The van der Waals surface area contributed by atoms with Gasteiger partial charge in [0.25, 0.3) is 0 Å². The Morgan fingerprint density at radius 3 is 2.56 bits per heavy atom. The molecular formula is C18H13F3N2O2. The molecule has 25 heavy (non-hydrogen) atoms. The van der Waals surface area contributed by atoms with Crippen molar-refractivity contribution in [3.8, 4) is 5.75 Å². The molecule has 4 nitrogen and oxygen atoms in total. The fourth-order valence-corrected chi connectivity index (χ4v) is 2.49. The second kappa shape index (κ2) is 6.43. The molecule has 0 atom stereocenters. The van der Waals surface area contributed by atoms with E-state index in [1.807, 2.05) is 0 Å². The molecule has 0 aliphatic carbocycles. The number of aromatic amines is 1. The molecule has 0 saturated heterocycles. The summed E-state index contributed by atoms with van der Waals surface area (Å²) < 4.78 is 45.1. The van der Waals surface area contributed by atoms with E-state index in [1.54, 1.807) is 6.07 Å². The first kappa shape index (κ1) is 16.8. The third-order valence-electron chi connectivity index (χ3n) is 3.70. The van der Waals surface area contributed by atoms with Crippen molar-refractivity contribution in [3.05, 3.63) is 65.6 Å². The van der Waals surface area contributed by atoms with Gasteiger partial charge >= 0.3 is 6.18 Å². The summed E-state index contributed by atoms with van der Waals surface area (Å²) in [7, 11) is 1.43. The number of H-pyrrole nitrogens is 1. The number of hydrogen-bond acceptors (Lipinski definition) is 3. The van der Waals surface area contributed by atoms with Crippen LogP contribution in [0.4, 0.5) is 13.2 Å². The van der Waals surface area contributed by atoms with Crippen molar-refractivity contribution in [2.24, 2.45) is 0 Å². The van der Waals surface area contributed by atoms with Gasteiger partial charge in [-0.05, 0) is 42.5 Å². The number of nitrogens with one attached hydrogen (secondary N) is 1. The van der Waals surface area contributed by atoms with Crippen molar-refractivity contribution in [2.45, 2.75) is 6.18 Å². The zero-order valence-electron chi connectivity index (χ0n) is 13.1. The number of ether oxygens (including phenoxy) is 1. The average Bonchev–Trinajstić information content (AvgIpc) is 2.98. The highest BCUT2D eigenvalue weighted by molar-refractivity contribution is 6.08. The van der Waals surface area contributed by atoms with Gasteiger partial charge in [-0.2, -0.15) is 13.2 Å². The summed E-state index contributed by atoms with van der Waals surface area (Å²) in [6.07, 6.45) is 0.597. The summed E-state index contributed by atoms with van der Waals surface area (Å²) in [6.45, 7) is 0. The number of ketones is 1. The molecule has 0 fully saturated rings. The fraction of sp³-hybridized carbons (Fsp3) is 0.111. The molecule has 2 aromatic heterocycles. The van der Waals surface area contributed by atoms with Gasteiger partial charge in [-0.1, -0.05) is 0 Å². The first-order valence-electron chi connectivity index (χ1n) is 7.29. The van der Waals surface area contributed by atoms with Crippen LogP contribution in [0.15, 0.2) is 48.8 Å². The van der Waals surface area contributed by atoms with Crippen molar-refractivity contribution < 1.29 is 22.7 Å². The summed E-state index contributed by atoms with van der Waals surface area (Å²) in [4.78, 5) is 18.3. The summed E-state index contributed by atoms with van der Waals surface area (Å²) in [5.74, 6) is 0.0168. The van der Waals surface area contributed by atoms with Crippen LogP contribution in [0.2, 0.25) is 0 Å². The molecule has 7 heteroatoms. The van der Waals surface area contributed by atoms with Crippen molar-refractivity contribution in [1.82, 2.24) is 9.97 Å². The average molecular weight is 346 g/mol. The molecule has 0 aliphatic heterocycles. The molecule has 0 spiro atoms. The second-order valence-corrected chi connectivity index (χ2v) is 5.26. The van der Waals surface area contributed by atoms with Gasteiger partial charge in [-0.15, -0.1) is 0 Å². The molecule has 2 heterocycles. The number of allylic oxidation sites excluding steroid dienone is 1. The molecule has 0 amide bonds. The van der Waals surface area contributed by atoms with Crippen LogP contribution >= 0.6 is 0 Å². The Bertz CT molecular complexity index is 944. The highest BCUT2D eigenvalue weighted by Gasteiger charge is 2.35. The number of fused-ring (bicyclic) bond motifs is 1. The number of methoxy groups -OCH3 is 1. The normalized spacial score (nSPS) is 12.0. The molecule has 1 N–H and O–H groups in total. The maximum Gasteiger partial charge on any atom is 0.431 e. The van der Waals surface area contributed by atoms with E-state index in [0.717, 1.165) is 6.08 Å². The lowest BCUT2D eigenvalue weighted by Gasteiger charge is -2.05. The van der Waals surface area contributed by atoms with Crippen LogP contribution in [0.3, 0.4) is 0 Å². The third kappa shape index (κ3) is 3.40. The minimum absolute atomic E-state index is 0.108. The predicted octanol–water partition coefficient (Wildman–Crippen LogP) is 4.49. The van der Waals surface area contributed by atoms with Gasteiger partial charge in [0.1, 0.15) is 11.4 Å². The molecule has 0 saturated carbocycles. The Hall–Kier alpha value is -3.09. The number of carbonyl (C=O) groups is 1. The monoisotopic (exact) mass is 346 g/mol. The summed E-state index contributed by atoms with van der Waals surface area (Å²) in [5, 5.41) is 0.324. The van der Waals surface area contributed by atoms with Crippen LogP contribution < -0.4 is 4.74 Å². The number of hydrogen-bond donors (Lipinski definition) is 1. The Morgan fingerprint density at radius 1 is 1.20 bits per heavy atom. The summed E-state index contributed by atoms with van der Waals surface area (Å²) in [6, 6.07) is 7.56. The molecule has 0 bridgehead atoms. The molecule has 128 valence electrons. The smallest absolute Gasteiger partial charge is 0.431 e. The Morgan fingerprint density at radius 2 is 1.92 bits per heavy atom. The number of carbonyl (C=O) groups excluding carboxylic acids is 1. The highest BCUT2D eigenvalue weighted by Crippen LogP contribution is 2.37. The number of aromatic nitrogens is 2. The topological polar surface area (TPSA) is 55.0 Å². The minimum Gasteiger partial charge on any atom is -0.497 e. The fourth-order valence-electron chi connectivity index (χ4n) is 2.49. The second-order valence-electron chi connectivity index (χ2n) is 5.26. The van der Waals surface area contributed by atoms with Crippen LogP contribution in [0.5, 0.6) is 5.75 Å². The van der Waals surface area contributed by atoms with Crippen molar-refractivity contribution >= 4 is 22.8 Å². The van der Waals surface area contributed by atoms with Gasteiger partial charge in [0, 0.05) is 34.4 Å². The van der Waals surface area contributed by atoms with Crippen LogP contribution in [0, 0.1) is 0 Å². The quantitative estimate of drug-likeness (QED) is 0.559. The van der Waals surface area contributed by atoms with E-state index in [-0.39, 0.29) is 5.56 Å². The van der Waals surface area contributed by atoms with Gasteiger partial charge in [0.2, 0.25) is 0 Å². The maximum atomic E-state index is 13.3. The van der Waals surface area contributed by atoms with Gasteiger partial charge in [0.15, 0.2) is 5.78 Å². The number of rotatable bonds is 4. The molecular weight excluding hydrogens is 333 g/mol. The van der Waals surface area contributed by atoms with Gasteiger partial charge in [-0.25, -0.2) is 0 Å². The minimum atomic E-state index is -4.58. The van der Waals surface area contributed by atoms with E-state index in [4.69, 9.17) is 4.74 Å². The van der Waals surface area contributed by atoms with Crippen LogP contribution in [0.25, 0.3) is 17.0 Å². The Kier molecular flexibility index (Phi) is 4.31. The zero-order chi connectivity index (χ0) is 18.0. The molecule has 0 aliphatic rings. The lowest BCUT2D eigenvalue weighted by molar-refractivity contribution is -0.140. The molecule has 0 unspecified atom stereocenters. The number of alkyl halides is 3. The van der Waals surface area contributed by atoms with E-state index < -0.39 is 17.7 Å². The van der Waals surface area contributed by atoms with Crippen LogP contribution in [-0.4, -0.2) is 22.9 Å². The van der Waals surface area contributed by atoms with Crippen LogP contribution in [0.1, 0.15) is 21.6 Å². The van der Waals surface area contributed by atoms with Gasteiger partial charge in [-0.3, -0.25) is 9.78 Å². The van der Waals surface area contributed by atoms with Gasteiger partial charge < -0.3 is 9.72 Å². The van der Waals surface area contributed by atoms with E-state index >= 15 is 0 Å². The Labute approximate surface area is 141 Å². The molecule has 3 rings (SSSR count). The van der Waals surface area contributed by atoms with Gasteiger partial charge in [0.05, 0.1) is 7.11 Å². The zero-order valence-corrected chi connectivity index (χ0v) is 13.1. The van der Waals surface area contributed by atoms with Crippen LogP contribution in [-0.2, 0) is 6.18 Å².